The smallest absolute Gasteiger partial charge is 0.0210 e. The third kappa shape index (κ3) is 1.44. The van der Waals surface area contributed by atoms with Crippen LogP contribution in [0.25, 0.3) is 0 Å². The molecular weight excluding hydrogens is 214 g/mol. The number of rotatable bonds is 3. The SMILES string of the molecule is BrCCCC12CCCN1CCC2. The quantitative estimate of drug-likeness (QED) is 0.676. The summed E-state index contributed by atoms with van der Waals surface area (Å²) >= 11 is 3.53. The Morgan fingerprint density at radius 1 is 1.17 bits per heavy atom. The molecule has 12 heavy (non-hydrogen) atoms. The Kier molecular flexibility index (Phi) is 2.75. The van der Waals surface area contributed by atoms with Gasteiger partial charge >= 0.3 is 0 Å². The number of hydrogen-bond acceptors (Lipinski definition) is 1. The number of alkyl halides is 1. The van der Waals surface area contributed by atoms with Crippen LogP contribution in [0.4, 0.5) is 0 Å². The first kappa shape index (κ1) is 9.01. The second-order valence-corrected chi connectivity index (χ2v) is 5.00. The van der Waals surface area contributed by atoms with Gasteiger partial charge in [-0.2, -0.15) is 0 Å². The summed E-state index contributed by atoms with van der Waals surface area (Å²) in [6.45, 7) is 2.75. The van der Waals surface area contributed by atoms with Gasteiger partial charge in [0.1, 0.15) is 0 Å². The summed E-state index contributed by atoms with van der Waals surface area (Å²) in [5.74, 6) is 0. The molecule has 0 aliphatic carbocycles. The van der Waals surface area contributed by atoms with Crippen LogP contribution in [0, 0.1) is 0 Å². The van der Waals surface area contributed by atoms with Crippen molar-refractivity contribution in [2.24, 2.45) is 0 Å². The lowest BCUT2D eigenvalue weighted by atomic mass is 9.89. The lowest BCUT2D eigenvalue weighted by Crippen LogP contribution is -2.37. The Bertz CT molecular complexity index is 148. The molecule has 0 atom stereocenters. The molecule has 0 N–H and O–H groups in total. The van der Waals surface area contributed by atoms with Crippen molar-refractivity contribution in [3.05, 3.63) is 0 Å². The maximum Gasteiger partial charge on any atom is 0.0210 e. The third-order valence-corrected chi connectivity index (χ3v) is 4.15. The fraction of sp³-hybridized carbons (Fsp3) is 1.00. The standard InChI is InChI=1S/C10H18BrN/c11-7-1-4-10-5-2-8-12(10)9-3-6-10/h1-9H2. The summed E-state index contributed by atoms with van der Waals surface area (Å²) in [4.78, 5) is 2.75. The minimum Gasteiger partial charge on any atom is -0.298 e. The Morgan fingerprint density at radius 2 is 1.83 bits per heavy atom. The van der Waals surface area contributed by atoms with Crippen LogP contribution in [0.5, 0.6) is 0 Å². The molecule has 2 saturated heterocycles. The largest absolute Gasteiger partial charge is 0.298 e. The van der Waals surface area contributed by atoms with Crippen LogP contribution in [0.15, 0.2) is 0 Å². The molecule has 0 radical (unpaired) electrons. The summed E-state index contributed by atoms with van der Waals surface area (Å²) in [5.41, 5.74) is 0.660. The fourth-order valence-electron chi connectivity index (χ4n) is 3.03. The van der Waals surface area contributed by atoms with Crippen molar-refractivity contribution in [2.45, 2.75) is 44.1 Å². The third-order valence-electron chi connectivity index (χ3n) is 3.59. The molecule has 2 aliphatic rings. The Hall–Kier alpha value is 0.440. The van der Waals surface area contributed by atoms with E-state index < -0.39 is 0 Å². The highest BCUT2D eigenvalue weighted by atomic mass is 79.9. The van der Waals surface area contributed by atoms with Crippen LogP contribution in [0.1, 0.15) is 38.5 Å². The number of nitrogens with zero attached hydrogens (tertiary/aromatic N) is 1. The van der Waals surface area contributed by atoms with Gasteiger partial charge in [0.25, 0.3) is 0 Å². The summed E-state index contributed by atoms with van der Waals surface area (Å²) in [7, 11) is 0. The maximum atomic E-state index is 3.53. The lowest BCUT2D eigenvalue weighted by molar-refractivity contribution is 0.181. The van der Waals surface area contributed by atoms with Gasteiger partial charge in [0.15, 0.2) is 0 Å². The van der Waals surface area contributed by atoms with E-state index in [0.29, 0.717) is 5.54 Å². The average Bonchev–Trinajstić information content (AvgIpc) is 2.58. The minimum atomic E-state index is 0.660. The van der Waals surface area contributed by atoms with Crippen molar-refractivity contribution >= 4 is 15.9 Å². The second-order valence-electron chi connectivity index (χ2n) is 4.21. The molecule has 2 fully saturated rings. The van der Waals surface area contributed by atoms with Crippen LogP contribution in [-0.2, 0) is 0 Å². The summed E-state index contributed by atoms with van der Waals surface area (Å²) in [5, 5.41) is 1.18. The van der Waals surface area contributed by atoms with Gasteiger partial charge in [-0.15, -0.1) is 0 Å². The molecule has 0 bridgehead atoms. The van der Waals surface area contributed by atoms with Gasteiger partial charge in [-0.1, -0.05) is 15.9 Å². The lowest BCUT2D eigenvalue weighted by Gasteiger charge is -2.31. The predicted molar refractivity (Wildman–Crippen MR) is 55.8 cm³/mol. The van der Waals surface area contributed by atoms with Crippen molar-refractivity contribution < 1.29 is 0 Å². The highest BCUT2D eigenvalue weighted by Crippen LogP contribution is 2.41. The molecule has 2 rings (SSSR count). The molecule has 70 valence electrons. The van der Waals surface area contributed by atoms with Gasteiger partial charge in [0.2, 0.25) is 0 Å². The van der Waals surface area contributed by atoms with Crippen molar-refractivity contribution in [1.82, 2.24) is 4.90 Å². The number of hydrogen-bond donors (Lipinski definition) is 0. The highest BCUT2D eigenvalue weighted by molar-refractivity contribution is 9.09. The summed E-state index contributed by atoms with van der Waals surface area (Å²) in [6.07, 6.45) is 8.62. The van der Waals surface area contributed by atoms with Gasteiger partial charge in [0.05, 0.1) is 0 Å². The topological polar surface area (TPSA) is 3.24 Å². The van der Waals surface area contributed by atoms with Crippen molar-refractivity contribution in [3.63, 3.8) is 0 Å². The normalized spacial score (nSPS) is 27.8. The molecule has 2 heterocycles. The van der Waals surface area contributed by atoms with E-state index in [1.165, 1.54) is 56.9 Å². The molecule has 0 aromatic rings. The van der Waals surface area contributed by atoms with Gasteiger partial charge in [-0.05, 0) is 51.6 Å². The predicted octanol–water partition coefficient (Wildman–Crippen LogP) is 2.79. The Balaban J connectivity index is 1.97. The molecule has 0 unspecified atom stereocenters. The van der Waals surface area contributed by atoms with Crippen molar-refractivity contribution in [1.29, 1.82) is 0 Å². The van der Waals surface area contributed by atoms with Crippen LogP contribution >= 0.6 is 15.9 Å². The molecule has 2 aliphatic heterocycles. The first-order valence-corrected chi connectivity index (χ1v) is 6.31. The van der Waals surface area contributed by atoms with Crippen LogP contribution in [0.3, 0.4) is 0 Å². The van der Waals surface area contributed by atoms with Crippen LogP contribution in [0.2, 0.25) is 0 Å². The molecular formula is C10H18BrN. The zero-order valence-corrected chi connectivity index (χ0v) is 9.28. The molecule has 0 saturated carbocycles. The molecule has 0 aromatic heterocycles. The Morgan fingerprint density at radius 3 is 2.42 bits per heavy atom. The summed E-state index contributed by atoms with van der Waals surface area (Å²) in [6, 6.07) is 0. The zero-order valence-electron chi connectivity index (χ0n) is 7.69. The van der Waals surface area contributed by atoms with Gasteiger partial charge in [-0.25, -0.2) is 0 Å². The zero-order chi connectivity index (χ0) is 8.44. The van der Waals surface area contributed by atoms with Gasteiger partial charge < -0.3 is 0 Å². The van der Waals surface area contributed by atoms with E-state index in [1.54, 1.807) is 0 Å². The first-order valence-electron chi connectivity index (χ1n) is 5.18. The van der Waals surface area contributed by atoms with E-state index in [1.807, 2.05) is 0 Å². The fourth-order valence-corrected chi connectivity index (χ4v) is 3.31. The second kappa shape index (κ2) is 3.67. The van der Waals surface area contributed by atoms with E-state index >= 15 is 0 Å². The monoisotopic (exact) mass is 231 g/mol. The molecule has 0 amide bonds. The van der Waals surface area contributed by atoms with Gasteiger partial charge in [0, 0.05) is 10.9 Å². The molecule has 0 aromatic carbocycles. The number of fused-ring (bicyclic) bond motifs is 1. The van der Waals surface area contributed by atoms with Gasteiger partial charge in [-0.3, -0.25) is 4.90 Å². The van der Waals surface area contributed by atoms with E-state index in [0.717, 1.165) is 0 Å². The van der Waals surface area contributed by atoms with Crippen LogP contribution < -0.4 is 0 Å². The van der Waals surface area contributed by atoms with E-state index in [9.17, 15) is 0 Å². The summed E-state index contributed by atoms with van der Waals surface area (Å²) < 4.78 is 0. The van der Waals surface area contributed by atoms with Crippen molar-refractivity contribution in [2.75, 3.05) is 18.4 Å². The first-order chi connectivity index (χ1) is 5.87. The Labute approximate surface area is 83.6 Å². The van der Waals surface area contributed by atoms with Crippen molar-refractivity contribution in [3.8, 4) is 0 Å². The highest BCUT2D eigenvalue weighted by Gasteiger charge is 2.42. The molecule has 2 heteroatoms. The minimum absolute atomic E-state index is 0.660. The van der Waals surface area contributed by atoms with E-state index in [2.05, 4.69) is 20.8 Å². The van der Waals surface area contributed by atoms with E-state index in [-0.39, 0.29) is 0 Å². The van der Waals surface area contributed by atoms with E-state index in [4.69, 9.17) is 0 Å². The average molecular weight is 232 g/mol. The number of halogens is 1. The maximum absolute atomic E-state index is 3.53. The van der Waals surface area contributed by atoms with Crippen LogP contribution in [-0.4, -0.2) is 28.9 Å². The molecule has 0 spiro atoms. The molecule has 1 nitrogen and oxygen atoms in total.